The van der Waals surface area contributed by atoms with Crippen LogP contribution in [-0.4, -0.2) is 14.4 Å². The maximum absolute atomic E-state index is 6.70. The van der Waals surface area contributed by atoms with Gasteiger partial charge in [-0.2, -0.15) is 0 Å². The summed E-state index contributed by atoms with van der Waals surface area (Å²) in [6.45, 7) is 11.7. The van der Waals surface area contributed by atoms with Gasteiger partial charge in [0.15, 0.2) is 8.32 Å². The van der Waals surface area contributed by atoms with Crippen molar-refractivity contribution in [3.8, 4) is 0 Å². The summed E-state index contributed by atoms with van der Waals surface area (Å²) in [5, 5.41) is 0.286. The van der Waals surface area contributed by atoms with Crippen LogP contribution in [0.5, 0.6) is 0 Å². The lowest BCUT2D eigenvalue weighted by molar-refractivity contribution is 0.170. The van der Waals surface area contributed by atoms with Crippen molar-refractivity contribution >= 4 is 24.2 Å². The van der Waals surface area contributed by atoms with Crippen LogP contribution in [0.1, 0.15) is 51.5 Å². The van der Waals surface area contributed by atoms with Crippen LogP contribution in [0.3, 0.4) is 0 Å². The Bertz CT molecular complexity index is 464. The summed E-state index contributed by atoms with van der Waals surface area (Å²) in [5.41, 5.74) is 1.42. The number of rotatable bonds is 3. The van der Waals surface area contributed by atoms with E-state index in [-0.39, 0.29) is 5.04 Å². The molecule has 0 aromatic heterocycles. The molecule has 112 valence electrons. The van der Waals surface area contributed by atoms with Crippen LogP contribution in [0.15, 0.2) is 28.7 Å². The largest absolute Gasteiger partial charge is 0.413 e. The molecule has 0 radical (unpaired) electrons. The van der Waals surface area contributed by atoms with Crippen LogP contribution in [0, 0.1) is 0 Å². The summed E-state index contributed by atoms with van der Waals surface area (Å²) in [7, 11) is -1.68. The second-order valence-corrected chi connectivity index (χ2v) is 13.1. The summed E-state index contributed by atoms with van der Waals surface area (Å²) in [6.07, 6.45) is 4.14. The Balaban J connectivity index is 2.19. The molecule has 1 saturated carbocycles. The molecule has 1 aromatic rings. The van der Waals surface area contributed by atoms with E-state index in [2.05, 4.69) is 74.1 Å². The second-order valence-electron chi connectivity index (χ2n) is 7.48. The number of benzene rings is 1. The first kappa shape index (κ1) is 16.3. The minimum Gasteiger partial charge on any atom is -0.413 e. The van der Waals surface area contributed by atoms with Crippen LogP contribution in [0.4, 0.5) is 0 Å². The fraction of sp³-hybridized carbons (Fsp3) is 0.647. The van der Waals surface area contributed by atoms with E-state index in [1.54, 1.807) is 0 Å². The smallest absolute Gasteiger partial charge is 0.192 e. The van der Waals surface area contributed by atoms with Gasteiger partial charge in [0.05, 0.1) is 6.10 Å². The van der Waals surface area contributed by atoms with Gasteiger partial charge >= 0.3 is 0 Å². The Labute approximate surface area is 133 Å². The molecule has 20 heavy (non-hydrogen) atoms. The average Bonchev–Trinajstić information content (AvgIpc) is 2.75. The minimum atomic E-state index is -1.68. The van der Waals surface area contributed by atoms with Gasteiger partial charge in [0.2, 0.25) is 0 Å². The predicted octanol–water partition coefficient (Wildman–Crippen LogP) is 6.11. The van der Waals surface area contributed by atoms with Crippen molar-refractivity contribution in [1.29, 1.82) is 0 Å². The van der Waals surface area contributed by atoms with Crippen molar-refractivity contribution in [3.63, 3.8) is 0 Å². The van der Waals surface area contributed by atoms with E-state index in [0.29, 0.717) is 12.0 Å². The lowest BCUT2D eigenvalue weighted by Gasteiger charge is -2.40. The Morgan fingerprint density at radius 1 is 1.15 bits per heavy atom. The fourth-order valence-electron chi connectivity index (χ4n) is 2.75. The van der Waals surface area contributed by atoms with Crippen molar-refractivity contribution in [2.75, 3.05) is 0 Å². The van der Waals surface area contributed by atoms with Crippen molar-refractivity contribution in [1.82, 2.24) is 0 Å². The molecule has 0 amide bonds. The molecule has 1 aliphatic rings. The first-order valence-electron chi connectivity index (χ1n) is 7.64. The zero-order chi connectivity index (χ0) is 15.0. The molecule has 3 heteroatoms. The van der Waals surface area contributed by atoms with Crippen molar-refractivity contribution in [2.45, 2.75) is 70.2 Å². The minimum absolute atomic E-state index is 0.286. The lowest BCUT2D eigenvalue weighted by atomic mass is 9.96. The van der Waals surface area contributed by atoms with E-state index in [9.17, 15) is 0 Å². The highest BCUT2D eigenvalue weighted by Gasteiger charge is 2.42. The van der Waals surface area contributed by atoms with Gasteiger partial charge in [0.25, 0.3) is 0 Å². The van der Waals surface area contributed by atoms with Crippen LogP contribution in [0.25, 0.3) is 0 Å². The maximum Gasteiger partial charge on any atom is 0.192 e. The molecular weight excluding hydrogens is 328 g/mol. The zero-order valence-corrected chi connectivity index (χ0v) is 16.0. The zero-order valence-electron chi connectivity index (χ0n) is 13.4. The summed E-state index contributed by atoms with van der Waals surface area (Å²) >= 11 is 3.71. The first-order chi connectivity index (χ1) is 9.22. The highest BCUT2D eigenvalue weighted by atomic mass is 79.9. The Morgan fingerprint density at radius 2 is 1.80 bits per heavy atom. The van der Waals surface area contributed by atoms with Crippen LogP contribution >= 0.6 is 15.9 Å². The molecular formula is C17H27BrOSi. The van der Waals surface area contributed by atoms with E-state index in [4.69, 9.17) is 4.43 Å². The van der Waals surface area contributed by atoms with E-state index in [0.717, 1.165) is 0 Å². The molecule has 0 unspecified atom stereocenters. The molecule has 0 spiro atoms. The number of hydrogen-bond donors (Lipinski definition) is 0. The molecule has 1 fully saturated rings. The second kappa shape index (κ2) is 5.94. The molecule has 0 saturated heterocycles. The molecule has 2 rings (SSSR count). The first-order valence-corrected chi connectivity index (χ1v) is 11.3. The monoisotopic (exact) mass is 354 g/mol. The summed E-state index contributed by atoms with van der Waals surface area (Å²) in [6, 6.07) is 8.63. The van der Waals surface area contributed by atoms with Gasteiger partial charge in [-0.25, -0.2) is 0 Å². The quantitative estimate of drug-likeness (QED) is 0.595. The standard InChI is InChI=1S/C17H27BrOSi/c1-17(2,3)20(4,5)19-16-12-8-10-14(16)13-9-6-7-11-15(13)18/h6-7,9,11,14,16H,8,10,12H2,1-5H3/t14-,16-/m0/s1. The average molecular weight is 355 g/mol. The number of halogens is 1. The third-order valence-electron chi connectivity index (χ3n) is 5.01. The topological polar surface area (TPSA) is 9.23 Å². The van der Waals surface area contributed by atoms with Gasteiger partial charge in [-0.15, -0.1) is 0 Å². The van der Waals surface area contributed by atoms with Crippen molar-refractivity contribution in [2.24, 2.45) is 0 Å². The molecule has 1 aliphatic carbocycles. The van der Waals surface area contributed by atoms with Gasteiger partial charge in [-0.1, -0.05) is 61.3 Å². The molecule has 1 nitrogen and oxygen atoms in total. The van der Waals surface area contributed by atoms with Gasteiger partial charge in [-0.05, 0) is 42.6 Å². The maximum atomic E-state index is 6.70. The van der Waals surface area contributed by atoms with E-state index < -0.39 is 8.32 Å². The van der Waals surface area contributed by atoms with Crippen LogP contribution < -0.4 is 0 Å². The van der Waals surface area contributed by atoms with Gasteiger partial charge in [0.1, 0.15) is 0 Å². The summed E-state index contributed by atoms with van der Waals surface area (Å²) in [5.74, 6) is 0.555. The third kappa shape index (κ3) is 3.37. The van der Waals surface area contributed by atoms with Crippen LogP contribution in [0.2, 0.25) is 18.1 Å². The number of hydrogen-bond acceptors (Lipinski definition) is 1. The summed E-state index contributed by atoms with van der Waals surface area (Å²) in [4.78, 5) is 0. The highest BCUT2D eigenvalue weighted by molar-refractivity contribution is 9.10. The lowest BCUT2D eigenvalue weighted by Crippen LogP contribution is -2.44. The molecule has 0 aliphatic heterocycles. The molecule has 0 heterocycles. The normalized spacial score (nSPS) is 24.1. The van der Waals surface area contributed by atoms with Crippen molar-refractivity contribution < 1.29 is 4.43 Å². The van der Waals surface area contributed by atoms with E-state index in [1.165, 1.54) is 29.3 Å². The molecule has 2 atom stereocenters. The Morgan fingerprint density at radius 3 is 2.40 bits per heavy atom. The van der Waals surface area contributed by atoms with Gasteiger partial charge in [-0.3, -0.25) is 0 Å². The fourth-order valence-corrected chi connectivity index (χ4v) is 4.73. The highest BCUT2D eigenvalue weighted by Crippen LogP contribution is 2.44. The molecule has 0 bridgehead atoms. The summed E-state index contributed by atoms with van der Waals surface area (Å²) < 4.78 is 7.94. The van der Waals surface area contributed by atoms with Gasteiger partial charge in [0, 0.05) is 10.4 Å². The van der Waals surface area contributed by atoms with E-state index in [1.807, 2.05) is 0 Å². The molecule has 1 aromatic carbocycles. The SMILES string of the molecule is CC(C)(C)[Si](C)(C)O[C@H]1CCC[C@H]1c1ccccc1Br. The third-order valence-corrected chi connectivity index (χ3v) is 10.2. The van der Waals surface area contributed by atoms with Crippen LogP contribution in [-0.2, 0) is 4.43 Å². The predicted molar refractivity (Wildman–Crippen MR) is 92.8 cm³/mol. The van der Waals surface area contributed by atoms with Crippen molar-refractivity contribution in [3.05, 3.63) is 34.3 Å². The van der Waals surface area contributed by atoms with Gasteiger partial charge < -0.3 is 4.43 Å². The Kier molecular flexibility index (Phi) is 4.82. The Hall–Kier alpha value is -0.123. The van der Waals surface area contributed by atoms with E-state index >= 15 is 0 Å². The molecule has 0 N–H and O–H groups in total.